The van der Waals surface area contributed by atoms with Crippen molar-refractivity contribution >= 4 is 0 Å². The molecule has 3 nitrogen and oxygen atoms in total. The third-order valence-corrected chi connectivity index (χ3v) is 2.73. The standard InChI is InChI=1S/C10H22N2O/c1-2-13-9-8-12(7-6-11)10-4-3-5-10/h10H,2-9,11H2,1H3. The van der Waals surface area contributed by atoms with Crippen molar-refractivity contribution in [3.63, 3.8) is 0 Å². The minimum atomic E-state index is 0.766. The molecule has 3 heteroatoms. The molecule has 0 aromatic carbocycles. The van der Waals surface area contributed by atoms with Gasteiger partial charge in [0.05, 0.1) is 6.61 Å². The van der Waals surface area contributed by atoms with E-state index < -0.39 is 0 Å². The maximum Gasteiger partial charge on any atom is 0.0593 e. The third-order valence-electron chi connectivity index (χ3n) is 2.73. The van der Waals surface area contributed by atoms with Crippen LogP contribution in [0.2, 0.25) is 0 Å². The highest BCUT2D eigenvalue weighted by Gasteiger charge is 2.23. The van der Waals surface area contributed by atoms with Crippen LogP contribution in [0.5, 0.6) is 0 Å². The van der Waals surface area contributed by atoms with E-state index in [1.165, 1.54) is 19.3 Å². The lowest BCUT2D eigenvalue weighted by Crippen LogP contribution is -2.44. The van der Waals surface area contributed by atoms with Crippen molar-refractivity contribution in [3.05, 3.63) is 0 Å². The normalized spacial score (nSPS) is 17.8. The van der Waals surface area contributed by atoms with Crippen molar-refractivity contribution in [1.82, 2.24) is 4.90 Å². The largest absolute Gasteiger partial charge is 0.380 e. The van der Waals surface area contributed by atoms with Crippen molar-refractivity contribution in [2.24, 2.45) is 5.73 Å². The molecule has 0 atom stereocenters. The first-order valence-corrected chi connectivity index (χ1v) is 5.40. The molecule has 0 bridgehead atoms. The minimum absolute atomic E-state index is 0.766. The molecular formula is C10H22N2O. The van der Waals surface area contributed by atoms with Gasteiger partial charge in [0.15, 0.2) is 0 Å². The summed E-state index contributed by atoms with van der Waals surface area (Å²) in [6.07, 6.45) is 4.10. The van der Waals surface area contributed by atoms with Crippen LogP contribution in [-0.2, 0) is 4.74 Å². The summed E-state index contributed by atoms with van der Waals surface area (Å²) in [5.74, 6) is 0. The quantitative estimate of drug-likeness (QED) is 0.599. The van der Waals surface area contributed by atoms with Crippen molar-refractivity contribution in [2.75, 3.05) is 32.8 Å². The molecule has 0 unspecified atom stereocenters. The van der Waals surface area contributed by atoms with Crippen molar-refractivity contribution in [2.45, 2.75) is 32.2 Å². The zero-order valence-electron chi connectivity index (χ0n) is 8.67. The summed E-state index contributed by atoms with van der Waals surface area (Å²) in [5, 5.41) is 0. The highest BCUT2D eigenvalue weighted by molar-refractivity contribution is 4.79. The highest BCUT2D eigenvalue weighted by atomic mass is 16.5. The molecule has 0 radical (unpaired) electrons. The Balaban J connectivity index is 2.12. The molecule has 0 heterocycles. The van der Waals surface area contributed by atoms with Crippen LogP contribution in [0.15, 0.2) is 0 Å². The van der Waals surface area contributed by atoms with Crippen LogP contribution in [-0.4, -0.2) is 43.8 Å². The Bertz CT molecular complexity index is 126. The lowest BCUT2D eigenvalue weighted by Gasteiger charge is -2.37. The van der Waals surface area contributed by atoms with E-state index >= 15 is 0 Å². The van der Waals surface area contributed by atoms with E-state index in [0.29, 0.717) is 0 Å². The molecule has 0 spiro atoms. The Morgan fingerprint density at radius 3 is 2.62 bits per heavy atom. The van der Waals surface area contributed by atoms with Gasteiger partial charge in [0, 0.05) is 32.3 Å². The Morgan fingerprint density at radius 2 is 2.15 bits per heavy atom. The second-order valence-electron chi connectivity index (χ2n) is 3.61. The Labute approximate surface area is 81.2 Å². The second-order valence-corrected chi connectivity index (χ2v) is 3.61. The second kappa shape index (κ2) is 6.35. The van der Waals surface area contributed by atoms with E-state index in [-0.39, 0.29) is 0 Å². The number of hydrogen-bond donors (Lipinski definition) is 1. The van der Waals surface area contributed by atoms with E-state index in [1.807, 2.05) is 6.92 Å². The van der Waals surface area contributed by atoms with Gasteiger partial charge in [0.2, 0.25) is 0 Å². The lowest BCUT2D eigenvalue weighted by molar-refractivity contribution is 0.0712. The maximum atomic E-state index is 5.57. The molecule has 1 saturated carbocycles. The summed E-state index contributed by atoms with van der Waals surface area (Å²) >= 11 is 0. The first kappa shape index (κ1) is 11.0. The summed E-state index contributed by atoms with van der Waals surface area (Å²) in [7, 11) is 0. The van der Waals surface area contributed by atoms with E-state index in [1.54, 1.807) is 0 Å². The molecule has 2 N–H and O–H groups in total. The predicted molar refractivity (Wildman–Crippen MR) is 54.8 cm³/mol. The summed E-state index contributed by atoms with van der Waals surface area (Å²) < 4.78 is 5.35. The summed E-state index contributed by atoms with van der Waals surface area (Å²) in [4.78, 5) is 2.47. The van der Waals surface area contributed by atoms with E-state index in [2.05, 4.69) is 4.90 Å². The molecule has 1 aliphatic carbocycles. The summed E-state index contributed by atoms with van der Waals surface area (Å²) in [5.41, 5.74) is 5.57. The fourth-order valence-corrected chi connectivity index (χ4v) is 1.72. The zero-order valence-corrected chi connectivity index (χ0v) is 8.67. The van der Waals surface area contributed by atoms with Gasteiger partial charge in [-0.25, -0.2) is 0 Å². The number of nitrogens with zero attached hydrogens (tertiary/aromatic N) is 1. The number of hydrogen-bond acceptors (Lipinski definition) is 3. The van der Waals surface area contributed by atoms with Crippen molar-refractivity contribution in [3.8, 4) is 0 Å². The van der Waals surface area contributed by atoms with Gasteiger partial charge in [-0.2, -0.15) is 0 Å². The van der Waals surface area contributed by atoms with Gasteiger partial charge in [-0.05, 0) is 19.8 Å². The molecule has 0 saturated heterocycles. The average molecular weight is 186 g/mol. The van der Waals surface area contributed by atoms with Crippen LogP contribution in [0.3, 0.4) is 0 Å². The molecule has 1 aliphatic rings. The molecule has 0 aromatic heterocycles. The fourth-order valence-electron chi connectivity index (χ4n) is 1.72. The Morgan fingerprint density at radius 1 is 1.38 bits per heavy atom. The minimum Gasteiger partial charge on any atom is -0.380 e. The van der Waals surface area contributed by atoms with Crippen LogP contribution < -0.4 is 5.73 Å². The molecule has 1 fully saturated rings. The van der Waals surface area contributed by atoms with E-state index in [9.17, 15) is 0 Å². The Hall–Kier alpha value is -0.120. The van der Waals surface area contributed by atoms with E-state index in [0.717, 1.165) is 38.9 Å². The number of rotatable bonds is 7. The Kier molecular flexibility index (Phi) is 5.35. The summed E-state index contributed by atoms with van der Waals surface area (Å²) in [6.45, 7) is 6.56. The van der Waals surface area contributed by atoms with Crippen LogP contribution in [0.4, 0.5) is 0 Å². The fraction of sp³-hybridized carbons (Fsp3) is 1.00. The maximum absolute atomic E-state index is 5.57. The smallest absolute Gasteiger partial charge is 0.0593 e. The predicted octanol–water partition coefficient (Wildman–Crippen LogP) is 0.836. The molecular weight excluding hydrogens is 164 g/mol. The van der Waals surface area contributed by atoms with Crippen LogP contribution in [0.1, 0.15) is 26.2 Å². The van der Waals surface area contributed by atoms with Gasteiger partial charge in [0.1, 0.15) is 0 Å². The third kappa shape index (κ3) is 3.63. The number of nitrogens with two attached hydrogens (primary N) is 1. The monoisotopic (exact) mass is 186 g/mol. The molecule has 0 aromatic rings. The van der Waals surface area contributed by atoms with Crippen LogP contribution in [0, 0.1) is 0 Å². The molecule has 0 amide bonds. The average Bonchev–Trinajstić information content (AvgIpc) is 2.02. The molecule has 0 aliphatic heterocycles. The van der Waals surface area contributed by atoms with Crippen molar-refractivity contribution < 1.29 is 4.74 Å². The van der Waals surface area contributed by atoms with E-state index in [4.69, 9.17) is 10.5 Å². The SMILES string of the molecule is CCOCCN(CCN)C1CCC1. The topological polar surface area (TPSA) is 38.5 Å². The van der Waals surface area contributed by atoms with Gasteiger partial charge in [-0.1, -0.05) is 6.42 Å². The first-order chi connectivity index (χ1) is 6.38. The van der Waals surface area contributed by atoms with Crippen LogP contribution in [0.25, 0.3) is 0 Å². The zero-order chi connectivity index (χ0) is 9.52. The van der Waals surface area contributed by atoms with Crippen LogP contribution >= 0.6 is 0 Å². The van der Waals surface area contributed by atoms with Crippen molar-refractivity contribution in [1.29, 1.82) is 0 Å². The van der Waals surface area contributed by atoms with Gasteiger partial charge in [0.25, 0.3) is 0 Å². The number of ether oxygens (including phenoxy) is 1. The first-order valence-electron chi connectivity index (χ1n) is 5.40. The summed E-state index contributed by atoms with van der Waals surface area (Å²) in [6, 6.07) is 0.795. The lowest BCUT2D eigenvalue weighted by atomic mass is 9.91. The van der Waals surface area contributed by atoms with Gasteiger partial charge >= 0.3 is 0 Å². The molecule has 1 rings (SSSR count). The molecule has 13 heavy (non-hydrogen) atoms. The van der Waals surface area contributed by atoms with Gasteiger partial charge in [-0.15, -0.1) is 0 Å². The highest BCUT2D eigenvalue weighted by Crippen LogP contribution is 2.23. The molecule has 78 valence electrons. The van der Waals surface area contributed by atoms with Gasteiger partial charge < -0.3 is 10.5 Å². The van der Waals surface area contributed by atoms with Gasteiger partial charge in [-0.3, -0.25) is 4.90 Å².